The zero-order valence-electron chi connectivity index (χ0n) is 13.7. The zero-order valence-corrected chi connectivity index (χ0v) is 14.6. The first kappa shape index (κ1) is 17.4. The van der Waals surface area contributed by atoms with Crippen LogP contribution in [0.5, 0.6) is 0 Å². The van der Waals surface area contributed by atoms with E-state index >= 15 is 0 Å². The molecular weight excluding hydrogens is 298 g/mol. The first-order chi connectivity index (χ1) is 10.6. The number of amides is 1. The number of hydrogen-bond acceptors (Lipinski definition) is 5. The van der Waals surface area contributed by atoms with Crippen LogP contribution >= 0.6 is 11.3 Å². The lowest BCUT2D eigenvalue weighted by atomic mass is 9.90. The number of hydrogen-bond donors (Lipinski definition) is 1. The number of nitrogens with zero attached hydrogens (tertiary/aromatic N) is 2. The maximum absolute atomic E-state index is 12.6. The van der Waals surface area contributed by atoms with Crippen LogP contribution in [0.4, 0.5) is 0 Å². The molecule has 5 nitrogen and oxygen atoms in total. The van der Waals surface area contributed by atoms with Crippen molar-refractivity contribution in [1.82, 2.24) is 9.88 Å². The minimum Gasteiger partial charge on any atom is -0.372 e. The third-order valence-corrected chi connectivity index (χ3v) is 5.40. The SMILES string of the molecule is CCO[C@H](C)c1nc(CC(=O)N2CCC[C@H](C)[C@H]2CN)cs1. The Balaban J connectivity index is 1.99. The van der Waals surface area contributed by atoms with Gasteiger partial charge >= 0.3 is 0 Å². The molecule has 0 aliphatic carbocycles. The summed E-state index contributed by atoms with van der Waals surface area (Å²) in [7, 11) is 0. The highest BCUT2D eigenvalue weighted by Crippen LogP contribution is 2.25. The summed E-state index contributed by atoms with van der Waals surface area (Å²) in [5.41, 5.74) is 6.71. The molecule has 3 atom stereocenters. The Morgan fingerprint density at radius 1 is 1.64 bits per heavy atom. The van der Waals surface area contributed by atoms with E-state index in [1.807, 2.05) is 24.1 Å². The van der Waals surface area contributed by atoms with Crippen LogP contribution < -0.4 is 5.73 Å². The van der Waals surface area contributed by atoms with E-state index in [0.29, 0.717) is 25.5 Å². The van der Waals surface area contributed by atoms with Crippen LogP contribution in [0, 0.1) is 5.92 Å². The second kappa shape index (κ2) is 8.04. The highest BCUT2D eigenvalue weighted by atomic mass is 32.1. The molecule has 124 valence electrons. The van der Waals surface area contributed by atoms with Crippen molar-refractivity contribution in [2.75, 3.05) is 19.7 Å². The quantitative estimate of drug-likeness (QED) is 0.872. The maximum Gasteiger partial charge on any atom is 0.228 e. The van der Waals surface area contributed by atoms with Crippen LogP contribution in [-0.4, -0.2) is 41.5 Å². The number of piperidine rings is 1. The Kier molecular flexibility index (Phi) is 6.35. The molecule has 1 saturated heterocycles. The van der Waals surface area contributed by atoms with E-state index in [-0.39, 0.29) is 18.1 Å². The third kappa shape index (κ3) is 4.06. The molecule has 1 aromatic heterocycles. The number of likely N-dealkylation sites (tertiary alicyclic amines) is 1. The topological polar surface area (TPSA) is 68.5 Å². The van der Waals surface area contributed by atoms with Crippen LogP contribution in [0.15, 0.2) is 5.38 Å². The fourth-order valence-corrected chi connectivity index (χ4v) is 3.91. The largest absolute Gasteiger partial charge is 0.372 e. The maximum atomic E-state index is 12.6. The van der Waals surface area contributed by atoms with E-state index < -0.39 is 0 Å². The molecule has 6 heteroatoms. The van der Waals surface area contributed by atoms with Gasteiger partial charge in [0.2, 0.25) is 5.91 Å². The van der Waals surface area contributed by atoms with Crippen LogP contribution in [0.25, 0.3) is 0 Å². The average Bonchev–Trinajstić information content (AvgIpc) is 2.95. The molecule has 2 rings (SSSR count). The van der Waals surface area contributed by atoms with Gasteiger partial charge in [0.1, 0.15) is 11.1 Å². The minimum atomic E-state index is -0.00866. The zero-order chi connectivity index (χ0) is 16.1. The number of ether oxygens (including phenoxy) is 1. The molecule has 2 heterocycles. The van der Waals surface area contributed by atoms with Crippen molar-refractivity contribution in [2.45, 2.75) is 52.2 Å². The van der Waals surface area contributed by atoms with Gasteiger partial charge in [-0.2, -0.15) is 0 Å². The molecule has 0 radical (unpaired) electrons. The smallest absolute Gasteiger partial charge is 0.228 e. The molecule has 2 N–H and O–H groups in total. The second-order valence-corrected chi connectivity index (χ2v) is 6.85. The van der Waals surface area contributed by atoms with Crippen LogP contribution in [0.2, 0.25) is 0 Å². The summed E-state index contributed by atoms with van der Waals surface area (Å²) in [4.78, 5) is 19.1. The molecule has 0 spiro atoms. The highest BCUT2D eigenvalue weighted by molar-refractivity contribution is 7.09. The number of carbonyl (C=O) groups excluding carboxylic acids is 1. The van der Waals surface area contributed by atoms with Crippen molar-refractivity contribution < 1.29 is 9.53 Å². The molecule has 0 unspecified atom stereocenters. The number of rotatable bonds is 6. The van der Waals surface area contributed by atoms with Crippen molar-refractivity contribution in [3.8, 4) is 0 Å². The van der Waals surface area contributed by atoms with E-state index in [1.54, 1.807) is 11.3 Å². The summed E-state index contributed by atoms with van der Waals surface area (Å²) in [6, 6.07) is 0.168. The molecule has 1 aliphatic heterocycles. The van der Waals surface area contributed by atoms with Gasteiger partial charge in [-0.25, -0.2) is 4.98 Å². The van der Waals surface area contributed by atoms with Crippen molar-refractivity contribution >= 4 is 17.2 Å². The first-order valence-corrected chi connectivity index (χ1v) is 9.00. The third-order valence-electron chi connectivity index (χ3n) is 4.34. The Hall–Kier alpha value is -0.980. The standard InChI is InChI=1S/C16H27N3O2S/c1-4-21-12(3)16-18-13(10-22-16)8-15(20)19-7-5-6-11(2)14(19)9-17/h10-12,14H,4-9,17H2,1-3H3/t11-,12+,14+/m0/s1. The van der Waals surface area contributed by atoms with Crippen molar-refractivity contribution in [2.24, 2.45) is 11.7 Å². The van der Waals surface area contributed by atoms with Gasteiger partial charge in [0.15, 0.2) is 0 Å². The van der Waals surface area contributed by atoms with Gasteiger partial charge in [-0.1, -0.05) is 6.92 Å². The molecule has 22 heavy (non-hydrogen) atoms. The number of aromatic nitrogens is 1. The number of carbonyl (C=O) groups is 1. The van der Waals surface area contributed by atoms with E-state index in [9.17, 15) is 4.79 Å². The monoisotopic (exact) mass is 325 g/mol. The second-order valence-electron chi connectivity index (χ2n) is 5.96. The van der Waals surface area contributed by atoms with Gasteiger partial charge in [-0.15, -0.1) is 11.3 Å². The normalized spacial score (nSPS) is 23.5. The molecular formula is C16H27N3O2S. The Morgan fingerprint density at radius 2 is 2.41 bits per heavy atom. The predicted octanol–water partition coefficient (Wildman–Crippen LogP) is 2.37. The Labute approximate surface area is 136 Å². The Bertz CT molecular complexity index is 491. The van der Waals surface area contributed by atoms with Gasteiger partial charge in [0.05, 0.1) is 12.1 Å². The molecule has 0 aromatic carbocycles. The van der Waals surface area contributed by atoms with Crippen molar-refractivity contribution in [3.05, 3.63) is 16.1 Å². The van der Waals surface area contributed by atoms with Gasteiger partial charge in [0, 0.05) is 31.1 Å². The summed E-state index contributed by atoms with van der Waals surface area (Å²) in [6.45, 7) is 8.16. The van der Waals surface area contributed by atoms with Gasteiger partial charge in [-0.3, -0.25) is 4.79 Å². The lowest BCUT2D eigenvalue weighted by Gasteiger charge is -2.39. The van der Waals surface area contributed by atoms with E-state index in [4.69, 9.17) is 10.5 Å². The van der Waals surface area contributed by atoms with Crippen LogP contribution in [0.3, 0.4) is 0 Å². The number of nitrogens with two attached hydrogens (primary N) is 1. The number of thiazole rings is 1. The molecule has 1 aliphatic rings. The summed E-state index contributed by atoms with van der Waals surface area (Å²) in [5, 5.41) is 2.90. The van der Waals surface area contributed by atoms with Gasteiger partial charge in [0.25, 0.3) is 0 Å². The fourth-order valence-electron chi connectivity index (χ4n) is 3.09. The van der Waals surface area contributed by atoms with E-state index in [2.05, 4.69) is 11.9 Å². The summed E-state index contributed by atoms with van der Waals surface area (Å²) < 4.78 is 5.55. The lowest BCUT2D eigenvalue weighted by molar-refractivity contribution is -0.135. The van der Waals surface area contributed by atoms with E-state index in [0.717, 1.165) is 30.1 Å². The summed E-state index contributed by atoms with van der Waals surface area (Å²) >= 11 is 1.56. The molecule has 1 amide bonds. The minimum absolute atomic E-state index is 0.00866. The summed E-state index contributed by atoms with van der Waals surface area (Å²) in [6.07, 6.45) is 2.56. The molecule has 0 saturated carbocycles. The molecule has 1 aromatic rings. The molecule has 1 fully saturated rings. The first-order valence-electron chi connectivity index (χ1n) is 8.12. The molecule has 0 bridgehead atoms. The van der Waals surface area contributed by atoms with Crippen molar-refractivity contribution in [3.63, 3.8) is 0 Å². The predicted molar refractivity (Wildman–Crippen MR) is 88.8 cm³/mol. The average molecular weight is 325 g/mol. The van der Waals surface area contributed by atoms with Crippen molar-refractivity contribution in [1.29, 1.82) is 0 Å². The van der Waals surface area contributed by atoms with Crippen LogP contribution in [-0.2, 0) is 16.0 Å². The van der Waals surface area contributed by atoms with Gasteiger partial charge in [-0.05, 0) is 32.6 Å². The van der Waals surface area contributed by atoms with Crippen LogP contribution in [0.1, 0.15) is 50.4 Å². The highest BCUT2D eigenvalue weighted by Gasteiger charge is 2.30. The summed E-state index contributed by atoms with van der Waals surface area (Å²) in [5.74, 6) is 0.620. The van der Waals surface area contributed by atoms with E-state index in [1.165, 1.54) is 0 Å². The lowest BCUT2D eigenvalue weighted by Crippen LogP contribution is -2.51. The van der Waals surface area contributed by atoms with Gasteiger partial charge < -0.3 is 15.4 Å². The fraction of sp³-hybridized carbons (Fsp3) is 0.750. The Morgan fingerprint density at radius 3 is 3.09 bits per heavy atom.